The molecule has 0 N–H and O–H groups in total. The second kappa shape index (κ2) is 5.81. The van der Waals surface area contributed by atoms with Gasteiger partial charge in [0.15, 0.2) is 0 Å². The zero-order valence-corrected chi connectivity index (χ0v) is 11.0. The van der Waals surface area contributed by atoms with E-state index in [1.807, 2.05) is 12.1 Å². The van der Waals surface area contributed by atoms with E-state index in [0.717, 1.165) is 11.1 Å². The SMILES string of the molecule is CCCC(C)c1ccc(-c2ccc(F)cc2)cc1. The van der Waals surface area contributed by atoms with Gasteiger partial charge < -0.3 is 0 Å². The van der Waals surface area contributed by atoms with E-state index in [1.54, 1.807) is 0 Å². The number of hydrogen-bond acceptors (Lipinski definition) is 0. The van der Waals surface area contributed by atoms with Crippen molar-refractivity contribution in [2.24, 2.45) is 0 Å². The molecule has 0 amide bonds. The molecule has 0 nitrogen and oxygen atoms in total. The highest BCUT2D eigenvalue weighted by molar-refractivity contribution is 5.63. The van der Waals surface area contributed by atoms with Gasteiger partial charge in [0.1, 0.15) is 5.82 Å². The van der Waals surface area contributed by atoms with E-state index in [9.17, 15) is 4.39 Å². The molecule has 0 spiro atoms. The van der Waals surface area contributed by atoms with Gasteiger partial charge in [-0.1, -0.05) is 56.7 Å². The Bertz CT molecular complexity index is 482. The zero-order valence-electron chi connectivity index (χ0n) is 11.0. The van der Waals surface area contributed by atoms with Gasteiger partial charge in [-0.3, -0.25) is 0 Å². The molecule has 0 aliphatic heterocycles. The van der Waals surface area contributed by atoms with Crippen LogP contribution in [-0.4, -0.2) is 0 Å². The van der Waals surface area contributed by atoms with Crippen LogP contribution in [-0.2, 0) is 0 Å². The Balaban J connectivity index is 2.19. The summed E-state index contributed by atoms with van der Waals surface area (Å²) in [5.74, 6) is 0.421. The summed E-state index contributed by atoms with van der Waals surface area (Å²) in [6, 6.07) is 15.2. The molecule has 0 heterocycles. The molecule has 1 atom stereocenters. The summed E-state index contributed by atoms with van der Waals surface area (Å²) in [6.45, 7) is 4.47. The lowest BCUT2D eigenvalue weighted by molar-refractivity contribution is 0.628. The van der Waals surface area contributed by atoms with E-state index >= 15 is 0 Å². The van der Waals surface area contributed by atoms with Crippen molar-refractivity contribution in [3.8, 4) is 11.1 Å². The fraction of sp³-hybridized carbons (Fsp3) is 0.294. The van der Waals surface area contributed by atoms with Gasteiger partial charge in [0.25, 0.3) is 0 Å². The highest BCUT2D eigenvalue weighted by Crippen LogP contribution is 2.25. The Morgan fingerprint density at radius 1 is 0.889 bits per heavy atom. The van der Waals surface area contributed by atoms with E-state index in [1.165, 1.54) is 30.5 Å². The molecule has 18 heavy (non-hydrogen) atoms. The summed E-state index contributed by atoms with van der Waals surface area (Å²) in [5, 5.41) is 0. The molecular formula is C17H19F. The molecule has 1 unspecified atom stereocenters. The number of halogens is 1. The number of benzene rings is 2. The minimum absolute atomic E-state index is 0.188. The molecule has 0 saturated carbocycles. The van der Waals surface area contributed by atoms with Gasteiger partial charge in [0.2, 0.25) is 0 Å². The molecule has 0 fully saturated rings. The first kappa shape index (κ1) is 12.8. The molecule has 94 valence electrons. The van der Waals surface area contributed by atoms with Crippen molar-refractivity contribution in [2.75, 3.05) is 0 Å². The van der Waals surface area contributed by atoms with Crippen LogP contribution < -0.4 is 0 Å². The van der Waals surface area contributed by atoms with Crippen molar-refractivity contribution >= 4 is 0 Å². The van der Waals surface area contributed by atoms with Crippen LogP contribution in [0.5, 0.6) is 0 Å². The molecule has 0 aliphatic carbocycles. The third-order valence-electron chi connectivity index (χ3n) is 3.38. The highest BCUT2D eigenvalue weighted by atomic mass is 19.1. The van der Waals surface area contributed by atoms with E-state index in [4.69, 9.17) is 0 Å². The maximum Gasteiger partial charge on any atom is 0.123 e. The average Bonchev–Trinajstić information content (AvgIpc) is 2.40. The lowest BCUT2D eigenvalue weighted by Gasteiger charge is -2.11. The van der Waals surface area contributed by atoms with Crippen molar-refractivity contribution in [1.29, 1.82) is 0 Å². The Morgan fingerprint density at radius 3 is 1.89 bits per heavy atom. The van der Waals surface area contributed by atoms with Crippen LogP contribution in [0.4, 0.5) is 4.39 Å². The molecule has 2 rings (SSSR count). The van der Waals surface area contributed by atoms with Crippen LogP contribution in [0.1, 0.15) is 38.2 Å². The summed E-state index contributed by atoms with van der Waals surface area (Å²) in [7, 11) is 0. The van der Waals surface area contributed by atoms with Gasteiger partial charge in [-0.25, -0.2) is 4.39 Å². The minimum Gasteiger partial charge on any atom is -0.207 e. The van der Waals surface area contributed by atoms with Crippen molar-refractivity contribution in [3.63, 3.8) is 0 Å². The maximum absolute atomic E-state index is 12.9. The molecule has 0 bridgehead atoms. The first-order chi connectivity index (χ1) is 8.70. The molecule has 0 aromatic heterocycles. The summed E-state index contributed by atoms with van der Waals surface area (Å²) in [4.78, 5) is 0. The average molecular weight is 242 g/mol. The van der Waals surface area contributed by atoms with E-state index < -0.39 is 0 Å². The van der Waals surface area contributed by atoms with Gasteiger partial charge in [0.05, 0.1) is 0 Å². The van der Waals surface area contributed by atoms with Crippen LogP contribution >= 0.6 is 0 Å². The zero-order chi connectivity index (χ0) is 13.0. The van der Waals surface area contributed by atoms with E-state index in [-0.39, 0.29) is 5.82 Å². The molecular weight excluding hydrogens is 223 g/mol. The van der Waals surface area contributed by atoms with Crippen LogP contribution in [0.3, 0.4) is 0 Å². The summed E-state index contributed by atoms with van der Waals surface area (Å²) >= 11 is 0. The molecule has 2 aromatic carbocycles. The van der Waals surface area contributed by atoms with Crippen molar-refractivity contribution < 1.29 is 4.39 Å². The molecule has 0 aliphatic rings. The molecule has 0 radical (unpaired) electrons. The third-order valence-corrected chi connectivity index (χ3v) is 3.38. The van der Waals surface area contributed by atoms with Crippen molar-refractivity contribution in [3.05, 3.63) is 59.9 Å². The molecule has 2 aromatic rings. The lowest BCUT2D eigenvalue weighted by Crippen LogP contribution is -1.92. The van der Waals surface area contributed by atoms with Crippen LogP contribution in [0.2, 0.25) is 0 Å². The molecule has 1 heteroatoms. The van der Waals surface area contributed by atoms with Gasteiger partial charge in [-0.2, -0.15) is 0 Å². The van der Waals surface area contributed by atoms with Gasteiger partial charge in [0, 0.05) is 0 Å². The summed E-state index contributed by atoms with van der Waals surface area (Å²) in [5.41, 5.74) is 3.58. The molecule has 0 saturated heterocycles. The Hall–Kier alpha value is -1.63. The summed E-state index contributed by atoms with van der Waals surface area (Å²) in [6.07, 6.45) is 2.43. The van der Waals surface area contributed by atoms with E-state index in [2.05, 4.69) is 38.1 Å². The maximum atomic E-state index is 12.9. The lowest BCUT2D eigenvalue weighted by atomic mass is 9.94. The first-order valence-electron chi connectivity index (χ1n) is 6.56. The second-order valence-electron chi connectivity index (χ2n) is 4.82. The third kappa shape index (κ3) is 2.98. The van der Waals surface area contributed by atoms with Crippen LogP contribution in [0.15, 0.2) is 48.5 Å². The Kier molecular flexibility index (Phi) is 4.14. The van der Waals surface area contributed by atoms with Crippen LogP contribution in [0.25, 0.3) is 11.1 Å². The van der Waals surface area contributed by atoms with Crippen molar-refractivity contribution in [1.82, 2.24) is 0 Å². The monoisotopic (exact) mass is 242 g/mol. The fourth-order valence-corrected chi connectivity index (χ4v) is 2.25. The minimum atomic E-state index is -0.188. The van der Waals surface area contributed by atoms with Gasteiger partial charge in [-0.05, 0) is 41.2 Å². The van der Waals surface area contributed by atoms with E-state index in [0.29, 0.717) is 5.92 Å². The summed E-state index contributed by atoms with van der Waals surface area (Å²) < 4.78 is 12.9. The first-order valence-corrected chi connectivity index (χ1v) is 6.56. The van der Waals surface area contributed by atoms with Crippen molar-refractivity contribution in [2.45, 2.75) is 32.6 Å². The quantitative estimate of drug-likeness (QED) is 0.673. The fourth-order valence-electron chi connectivity index (χ4n) is 2.25. The Morgan fingerprint density at radius 2 is 1.39 bits per heavy atom. The predicted molar refractivity (Wildman–Crippen MR) is 75.2 cm³/mol. The highest BCUT2D eigenvalue weighted by Gasteiger charge is 2.04. The normalized spacial score (nSPS) is 12.4. The largest absolute Gasteiger partial charge is 0.207 e. The van der Waals surface area contributed by atoms with Gasteiger partial charge >= 0.3 is 0 Å². The standard InChI is InChI=1S/C17H19F/c1-3-4-13(2)14-5-7-15(8-6-14)16-9-11-17(18)12-10-16/h5-13H,3-4H2,1-2H3. The topological polar surface area (TPSA) is 0 Å². The predicted octanol–water partition coefficient (Wildman–Crippen LogP) is 5.40. The number of rotatable bonds is 4. The second-order valence-corrected chi connectivity index (χ2v) is 4.82. The Labute approximate surface area is 108 Å². The van der Waals surface area contributed by atoms with Crippen LogP contribution in [0, 0.1) is 5.82 Å². The number of hydrogen-bond donors (Lipinski definition) is 0. The van der Waals surface area contributed by atoms with Gasteiger partial charge in [-0.15, -0.1) is 0 Å². The smallest absolute Gasteiger partial charge is 0.123 e.